The summed E-state index contributed by atoms with van der Waals surface area (Å²) in [4.78, 5) is 16.0. The maximum atomic E-state index is 14.7. The summed E-state index contributed by atoms with van der Waals surface area (Å²) >= 11 is 0. The van der Waals surface area contributed by atoms with Gasteiger partial charge in [0.25, 0.3) is 0 Å². The predicted molar refractivity (Wildman–Crippen MR) is 116 cm³/mol. The number of halogens is 2. The van der Waals surface area contributed by atoms with E-state index in [1.54, 1.807) is 12.3 Å². The number of fused-ring (bicyclic) bond motifs is 2. The number of aromatic nitrogens is 1. The molecule has 0 radical (unpaired) electrons. The zero-order valence-electron chi connectivity index (χ0n) is 17.0. The number of carbonyl (C=O) groups excluding carboxylic acids is 1. The van der Waals surface area contributed by atoms with E-state index in [1.807, 2.05) is 36.4 Å². The zero-order chi connectivity index (χ0) is 22.1. The summed E-state index contributed by atoms with van der Waals surface area (Å²) in [6.07, 6.45) is 1.79. The number of benzene rings is 3. The maximum Gasteiger partial charge on any atom is 0.231 e. The van der Waals surface area contributed by atoms with Crippen LogP contribution in [0.15, 0.2) is 66.9 Å². The van der Waals surface area contributed by atoms with Crippen LogP contribution in [-0.2, 0) is 11.3 Å². The Morgan fingerprint density at radius 1 is 1.00 bits per heavy atom. The minimum atomic E-state index is -0.677. The quantitative estimate of drug-likeness (QED) is 0.448. The third-order valence-corrected chi connectivity index (χ3v) is 5.65. The van der Waals surface area contributed by atoms with Crippen LogP contribution < -0.4 is 14.8 Å². The van der Waals surface area contributed by atoms with Gasteiger partial charge in [-0.2, -0.15) is 0 Å². The number of hydrogen-bond donors (Lipinski definition) is 2. The highest BCUT2D eigenvalue weighted by Gasteiger charge is 2.24. The van der Waals surface area contributed by atoms with Crippen LogP contribution in [0.5, 0.6) is 11.5 Å². The molecular formula is C25H20F2N2O3. The van der Waals surface area contributed by atoms with Gasteiger partial charge in [0.2, 0.25) is 12.7 Å². The Morgan fingerprint density at radius 3 is 2.72 bits per heavy atom. The van der Waals surface area contributed by atoms with E-state index in [-0.39, 0.29) is 24.7 Å². The molecule has 4 aromatic rings. The van der Waals surface area contributed by atoms with E-state index in [2.05, 4.69) is 10.3 Å². The molecule has 1 aliphatic rings. The van der Waals surface area contributed by atoms with E-state index >= 15 is 0 Å². The molecule has 0 spiro atoms. The highest BCUT2D eigenvalue weighted by Crippen LogP contribution is 2.35. The Labute approximate surface area is 183 Å². The van der Waals surface area contributed by atoms with E-state index in [0.29, 0.717) is 18.0 Å². The molecule has 1 aliphatic heterocycles. The first kappa shape index (κ1) is 20.1. The topological polar surface area (TPSA) is 63.4 Å². The van der Waals surface area contributed by atoms with Crippen molar-refractivity contribution >= 4 is 16.8 Å². The first-order chi connectivity index (χ1) is 15.6. The average Bonchev–Trinajstić information content (AvgIpc) is 3.43. The lowest BCUT2D eigenvalue weighted by atomic mass is 9.87. The molecule has 3 aromatic carbocycles. The molecule has 1 aromatic heterocycles. The van der Waals surface area contributed by atoms with Gasteiger partial charge in [0.15, 0.2) is 11.5 Å². The van der Waals surface area contributed by atoms with Gasteiger partial charge in [-0.15, -0.1) is 0 Å². The van der Waals surface area contributed by atoms with Crippen LogP contribution in [-0.4, -0.2) is 17.7 Å². The van der Waals surface area contributed by atoms with E-state index < -0.39 is 17.6 Å². The minimum Gasteiger partial charge on any atom is -0.454 e. The number of carbonyl (C=O) groups is 1. The monoisotopic (exact) mass is 434 g/mol. The molecule has 32 heavy (non-hydrogen) atoms. The largest absolute Gasteiger partial charge is 0.454 e. The third kappa shape index (κ3) is 3.89. The molecule has 0 aliphatic carbocycles. The van der Waals surface area contributed by atoms with Crippen molar-refractivity contribution in [1.82, 2.24) is 10.3 Å². The Balaban J connectivity index is 1.40. The van der Waals surface area contributed by atoms with Gasteiger partial charge in [0.1, 0.15) is 11.6 Å². The Bertz CT molecular complexity index is 1300. The number of para-hydroxylation sites is 1. The van der Waals surface area contributed by atoms with Gasteiger partial charge in [-0.05, 0) is 41.0 Å². The van der Waals surface area contributed by atoms with Crippen LogP contribution in [0.2, 0.25) is 0 Å². The van der Waals surface area contributed by atoms with Crippen molar-refractivity contribution in [1.29, 1.82) is 0 Å². The normalized spacial score (nSPS) is 13.3. The summed E-state index contributed by atoms with van der Waals surface area (Å²) in [5, 5.41) is 3.78. The first-order valence-electron chi connectivity index (χ1n) is 10.2. The number of rotatable bonds is 6. The van der Waals surface area contributed by atoms with Gasteiger partial charge in [-0.25, -0.2) is 8.78 Å². The molecule has 1 unspecified atom stereocenters. The zero-order valence-corrected chi connectivity index (χ0v) is 17.0. The van der Waals surface area contributed by atoms with Crippen molar-refractivity contribution in [2.45, 2.75) is 18.9 Å². The lowest BCUT2D eigenvalue weighted by Gasteiger charge is -2.18. The molecule has 1 amide bonds. The molecule has 0 saturated heterocycles. The molecular weight excluding hydrogens is 414 g/mol. The van der Waals surface area contributed by atoms with E-state index in [0.717, 1.165) is 28.1 Å². The number of amides is 1. The second-order valence-corrected chi connectivity index (χ2v) is 7.68. The van der Waals surface area contributed by atoms with Crippen molar-refractivity contribution < 1.29 is 23.0 Å². The maximum absolute atomic E-state index is 14.7. The van der Waals surface area contributed by atoms with Crippen LogP contribution in [0.3, 0.4) is 0 Å². The summed E-state index contributed by atoms with van der Waals surface area (Å²) in [5.74, 6) is -0.849. The predicted octanol–water partition coefficient (Wildman–Crippen LogP) is 5.01. The molecule has 5 nitrogen and oxygen atoms in total. The van der Waals surface area contributed by atoms with Crippen molar-refractivity contribution in [3.63, 3.8) is 0 Å². The van der Waals surface area contributed by atoms with Crippen molar-refractivity contribution in [3.05, 3.63) is 95.2 Å². The fourth-order valence-electron chi connectivity index (χ4n) is 4.06. The highest BCUT2D eigenvalue weighted by molar-refractivity contribution is 5.86. The standard InChI is InChI=1S/C25H20F2N2O3/c26-16-6-7-17(21(27)10-16)19(20-13-28-22-4-2-1-3-18(20)22)11-25(30)29-12-15-5-8-23-24(9-15)32-14-31-23/h1-10,13,19,28H,11-12,14H2,(H,29,30). The van der Waals surface area contributed by atoms with Crippen LogP contribution in [0.4, 0.5) is 8.78 Å². The third-order valence-electron chi connectivity index (χ3n) is 5.65. The smallest absolute Gasteiger partial charge is 0.231 e. The van der Waals surface area contributed by atoms with E-state index in [4.69, 9.17) is 9.47 Å². The SMILES string of the molecule is O=C(CC(c1ccc(F)cc1F)c1c[nH]c2ccccc12)NCc1ccc2c(c1)OCO2. The number of aromatic amines is 1. The molecule has 0 bridgehead atoms. The van der Waals surface area contributed by atoms with Gasteiger partial charge >= 0.3 is 0 Å². The Morgan fingerprint density at radius 2 is 1.84 bits per heavy atom. The lowest BCUT2D eigenvalue weighted by molar-refractivity contribution is -0.121. The highest BCUT2D eigenvalue weighted by atomic mass is 19.1. The summed E-state index contributed by atoms with van der Waals surface area (Å²) in [6, 6.07) is 16.5. The summed E-state index contributed by atoms with van der Waals surface area (Å²) < 4.78 is 38.9. The summed E-state index contributed by atoms with van der Waals surface area (Å²) in [6.45, 7) is 0.475. The Kier molecular flexibility index (Phi) is 5.23. The number of nitrogens with one attached hydrogen (secondary N) is 2. The molecule has 5 rings (SSSR count). The number of H-pyrrole nitrogens is 1. The average molecular weight is 434 g/mol. The van der Waals surface area contributed by atoms with Crippen LogP contribution in [0, 0.1) is 11.6 Å². The first-order valence-corrected chi connectivity index (χ1v) is 10.2. The summed E-state index contributed by atoms with van der Waals surface area (Å²) in [7, 11) is 0. The number of ether oxygens (including phenoxy) is 2. The Hall–Kier alpha value is -3.87. The summed E-state index contributed by atoms with van der Waals surface area (Å²) in [5.41, 5.74) is 2.80. The van der Waals surface area contributed by atoms with Gasteiger partial charge in [0.05, 0.1) is 0 Å². The van der Waals surface area contributed by atoms with Crippen LogP contribution >= 0.6 is 0 Å². The second kappa shape index (κ2) is 8.34. The fraction of sp³-hybridized carbons (Fsp3) is 0.160. The van der Waals surface area contributed by atoms with Gasteiger partial charge < -0.3 is 19.8 Å². The lowest BCUT2D eigenvalue weighted by Crippen LogP contribution is -2.25. The molecule has 0 fully saturated rings. The van der Waals surface area contributed by atoms with Crippen molar-refractivity contribution in [3.8, 4) is 11.5 Å². The van der Waals surface area contributed by atoms with Crippen LogP contribution in [0.25, 0.3) is 10.9 Å². The van der Waals surface area contributed by atoms with Crippen LogP contribution in [0.1, 0.15) is 29.0 Å². The molecule has 2 heterocycles. The second-order valence-electron chi connectivity index (χ2n) is 7.68. The van der Waals surface area contributed by atoms with Crippen molar-refractivity contribution in [2.24, 2.45) is 0 Å². The molecule has 0 saturated carbocycles. The van der Waals surface area contributed by atoms with E-state index in [9.17, 15) is 13.6 Å². The fourth-order valence-corrected chi connectivity index (χ4v) is 4.06. The molecule has 1 atom stereocenters. The van der Waals surface area contributed by atoms with Crippen molar-refractivity contribution in [2.75, 3.05) is 6.79 Å². The van der Waals surface area contributed by atoms with Gasteiger partial charge in [-0.3, -0.25) is 4.79 Å². The minimum absolute atomic E-state index is 0.00888. The van der Waals surface area contributed by atoms with E-state index in [1.165, 1.54) is 12.1 Å². The van der Waals surface area contributed by atoms with Gasteiger partial charge in [0, 0.05) is 42.0 Å². The molecule has 162 valence electrons. The molecule has 7 heteroatoms. The van der Waals surface area contributed by atoms with Gasteiger partial charge in [-0.1, -0.05) is 30.3 Å². The number of hydrogen-bond acceptors (Lipinski definition) is 3. The molecule has 2 N–H and O–H groups in total.